The van der Waals surface area contributed by atoms with Gasteiger partial charge in [-0.2, -0.15) is 26.3 Å². The highest BCUT2D eigenvalue weighted by molar-refractivity contribution is 8.18. The number of rotatable bonds is 8. The Hall–Kier alpha value is -4.51. The summed E-state index contributed by atoms with van der Waals surface area (Å²) < 4.78 is 80.4. The Bertz CT molecular complexity index is 1710. The molecule has 10 nitrogen and oxygen atoms in total. The first kappa shape index (κ1) is 32.9. The van der Waals surface area contributed by atoms with Crippen molar-refractivity contribution in [1.29, 1.82) is 0 Å². The third-order valence-corrected chi connectivity index (χ3v) is 8.14. The number of carboxylic acid groups (broad SMARTS) is 1. The van der Waals surface area contributed by atoms with Gasteiger partial charge in [-0.3, -0.25) is 19.9 Å². The molecule has 1 aromatic carbocycles. The monoisotopic (exact) mass is 666 g/mol. The van der Waals surface area contributed by atoms with Crippen LogP contribution in [0.15, 0.2) is 47.6 Å². The Kier molecular flexibility index (Phi) is 9.34. The number of halogens is 6. The number of aromatic nitrogens is 3. The standard InChI is InChI=1S/C29H24F6N6O4S/c30-28(31,32)17-1-2-19(21(10-17)29(33,34)35)23-20(25(43)44)9-16(14-38-23)13-36-12-15-4-7-41(8-5-15)26-37-6-3-18(39-26)11-22-24(42)40-27(45)46-22/h1-3,6,9-11,14-15,36H,4-5,7-8,12-13H2,(H,43,44)(H,40,42,45). The molecule has 3 N–H and O–H groups in total. The van der Waals surface area contributed by atoms with E-state index >= 15 is 0 Å². The molecule has 0 bridgehead atoms. The lowest BCUT2D eigenvalue weighted by Gasteiger charge is -2.32. The minimum Gasteiger partial charge on any atom is -0.478 e. The van der Waals surface area contributed by atoms with Gasteiger partial charge in [0.1, 0.15) is 0 Å². The summed E-state index contributed by atoms with van der Waals surface area (Å²) in [5, 5.41) is 14.7. The van der Waals surface area contributed by atoms with E-state index in [1.807, 2.05) is 4.90 Å². The summed E-state index contributed by atoms with van der Waals surface area (Å²) in [4.78, 5) is 50.1. The van der Waals surface area contributed by atoms with Crippen LogP contribution in [0.25, 0.3) is 17.3 Å². The molecular weight excluding hydrogens is 642 g/mol. The second kappa shape index (κ2) is 13.1. The summed E-state index contributed by atoms with van der Waals surface area (Å²) >= 11 is 0.793. The number of piperidine rings is 1. The number of carbonyl (C=O) groups is 3. The lowest BCUT2D eigenvalue weighted by Crippen LogP contribution is -2.38. The number of hydrogen-bond donors (Lipinski definition) is 3. The number of carbonyl (C=O) groups excluding carboxylic acids is 2. The zero-order valence-corrected chi connectivity index (χ0v) is 24.4. The Balaban J connectivity index is 1.20. The number of alkyl halides is 6. The average molecular weight is 667 g/mol. The van der Waals surface area contributed by atoms with Crippen LogP contribution in [0.2, 0.25) is 0 Å². The Labute approximate surface area is 261 Å². The average Bonchev–Trinajstić information content (AvgIpc) is 3.32. The molecule has 4 heterocycles. The highest BCUT2D eigenvalue weighted by atomic mass is 32.2. The quantitative estimate of drug-likeness (QED) is 0.206. The maximum atomic E-state index is 13.7. The van der Waals surface area contributed by atoms with Gasteiger partial charge in [0.05, 0.1) is 33.0 Å². The molecule has 46 heavy (non-hydrogen) atoms. The number of amides is 2. The Morgan fingerprint density at radius 3 is 2.43 bits per heavy atom. The molecule has 0 unspecified atom stereocenters. The SMILES string of the molecule is O=C1NC(=O)C(=Cc2ccnc(N3CCC(CNCc4cnc(-c5ccc(C(F)(F)F)cc5C(F)(F)F)c(C(=O)O)c4)CC3)n2)S1. The Morgan fingerprint density at radius 1 is 1.07 bits per heavy atom. The van der Waals surface area contributed by atoms with Crippen molar-refractivity contribution >= 4 is 40.9 Å². The van der Waals surface area contributed by atoms with Gasteiger partial charge >= 0.3 is 18.3 Å². The van der Waals surface area contributed by atoms with E-state index in [-0.39, 0.29) is 23.4 Å². The number of aromatic carboxylic acids is 1. The molecule has 0 atom stereocenters. The molecule has 0 aliphatic carbocycles. The summed E-state index contributed by atoms with van der Waals surface area (Å²) in [7, 11) is 0. The second-order valence-electron chi connectivity index (χ2n) is 10.5. The summed E-state index contributed by atoms with van der Waals surface area (Å²) in [6.45, 7) is 1.96. The van der Waals surface area contributed by atoms with E-state index in [1.54, 1.807) is 12.3 Å². The third-order valence-electron chi connectivity index (χ3n) is 7.33. The van der Waals surface area contributed by atoms with Gasteiger partial charge in [0.15, 0.2) is 0 Å². The van der Waals surface area contributed by atoms with Crippen LogP contribution in [0.4, 0.5) is 37.1 Å². The van der Waals surface area contributed by atoms with Crippen LogP contribution in [0, 0.1) is 5.92 Å². The second-order valence-corrected chi connectivity index (χ2v) is 11.5. The predicted octanol–water partition coefficient (Wildman–Crippen LogP) is 5.60. The number of nitrogens with zero attached hydrogens (tertiary/aromatic N) is 4. The van der Waals surface area contributed by atoms with Crippen molar-refractivity contribution in [3.8, 4) is 11.3 Å². The molecule has 0 spiro atoms. The Morgan fingerprint density at radius 2 is 1.80 bits per heavy atom. The normalized spacial score (nSPS) is 17.1. The van der Waals surface area contributed by atoms with Crippen molar-refractivity contribution in [2.75, 3.05) is 24.5 Å². The molecule has 5 rings (SSSR count). The number of nitrogens with one attached hydrogen (secondary N) is 2. The molecule has 2 amide bonds. The fraction of sp³-hybridized carbons (Fsp3) is 0.310. The number of benzene rings is 1. The van der Waals surface area contributed by atoms with Crippen molar-refractivity contribution in [3.05, 3.63) is 75.6 Å². The van der Waals surface area contributed by atoms with Crippen molar-refractivity contribution in [3.63, 3.8) is 0 Å². The minimum atomic E-state index is -5.19. The van der Waals surface area contributed by atoms with E-state index in [0.717, 1.165) is 30.7 Å². The minimum absolute atomic E-state index is 0.0531. The lowest BCUT2D eigenvalue weighted by atomic mass is 9.96. The molecule has 2 aromatic heterocycles. The third kappa shape index (κ3) is 7.64. The summed E-state index contributed by atoms with van der Waals surface area (Å²) in [5.41, 5.74) is -4.24. The van der Waals surface area contributed by atoms with Gasteiger partial charge in [-0.05, 0) is 73.0 Å². The zero-order chi connectivity index (χ0) is 33.2. The molecule has 3 aromatic rings. The maximum absolute atomic E-state index is 13.7. The highest BCUT2D eigenvalue weighted by Gasteiger charge is 2.39. The van der Waals surface area contributed by atoms with Gasteiger partial charge in [0.25, 0.3) is 11.1 Å². The maximum Gasteiger partial charge on any atom is 0.417 e. The van der Waals surface area contributed by atoms with E-state index in [4.69, 9.17) is 0 Å². The van der Waals surface area contributed by atoms with E-state index < -0.39 is 57.4 Å². The number of hydrogen-bond acceptors (Lipinski definition) is 9. The predicted molar refractivity (Wildman–Crippen MR) is 154 cm³/mol. The van der Waals surface area contributed by atoms with Gasteiger partial charge in [-0.1, -0.05) is 6.07 Å². The molecule has 2 fully saturated rings. The van der Waals surface area contributed by atoms with Gasteiger partial charge < -0.3 is 15.3 Å². The van der Waals surface area contributed by atoms with Crippen molar-refractivity contribution in [1.82, 2.24) is 25.6 Å². The van der Waals surface area contributed by atoms with E-state index in [1.165, 1.54) is 12.3 Å². The molecule has 0 saturated carbocycles. The van der Waals surface area contributed by atoms with Crippen molar-refractivity contribution in [2.45, 2.75) is 31.7 Å². The molecule has 2 aliphatic heterocycles. The fourth-order valence-corrected chi connectivity index (χ4v) is 5.72. The summed E-state index contributed by atoms with van der Waals surface area (Å²) in [6.07, 6.45) is -4.41. The topological polar surface area (TPSA) is 137 Å². The van der Waals surface area contributed by atoms with Gasteiger partial charge in [-0.25, -0.2) is 14.8 Å². The van der Waals surface area contributed by atoms with Crippen LogP contribution >= 0.6 is 11.8 Å². The molecule has 2 aliphatic rings. The van der Waals surface area contributed by atoms with Crippen molar-refractivity contribution in [2.24, 2.45) is 5.92 Å². The van der Waals surface area contributed by atoms with Crippen LogP contribution in [0.1, 0.15) is 45.6 Å². The summed E-state index contributed by atoms with van der Waals surface area (Å²) in [6, 6.07) is 3.76. The molecule has 242 valence electrons. The zero-order valence-electron chi connectivity index (χ0n) is 23.6. The first-order valence-corrected chi connectivity index (χ1v) is 14.6. The first-order valence-electron chi connectivity index (χ1n) is 13.7. The van der Waals surface area contributed by atoms with E-state index in [2.05, 4.69) is 25.6 Å². The lowest BCUT2D eigenvalue weighted by molar-refractivity contribution is -0.142. The largest absolute Gasteiger partial charge is 0.478 e. The van der Waals surface area contributed by atoms with Gasteiger partial charge in [0.2, 0.25) is 5.95 Å². The molecule has 17 heteroatoms. The van der Waals surface area contributed by atoms with Crippen LogP contribution in [-0.4, -0.2) is 56.8 Å². The van der Waals surface area contributed by atoms with Gasteiger partial charge in [0, 0.05) is 37.6 Å². The van der Waals surface area contributed by atoms with Crippen LogP contribution in [-0.2, 0) is 23.7 Å². The number of pyridine rings is 1. The molecular formula is C29H24F6N6O4S. The number of anilines is 1. The first-order chi connectivity index (χ1) is 21.7. The molecule has 2 saturated heterocycles. The number of carboxylic acids is 1. The number of thioether (sulfide) groups is 1. The summed E-state index contributed by atoms with van der Waals surface area (Å²) in [5.74, 6) is -1.35. The fourth-order valence-electron chi connectivity index (χ4n) is 5.05. The van der Waals surface area contributed by atoms with Crippen molar-refractivity contribution < 1.29 is 45.8 Å². The van der Waals surface area contributed by atoms with E-state index in [9.17, 15) is 45.8 Å². The van der Waals surface area contributed by atoms with Crippen LogP contribution < -0.4 is 15.5 Å². The van der Waals surface area contributed by atoms with Crippen LogP contribution in [0.3, 0.4) is 0 Å². The van der Waals surface area contributed by atoms with Crippen LogP contribution in [0.5, 0.6) is 0 Å². The highest BCUT2D eigenvalue weighted by Crippen LogP contribution is 2.41. The smallest absolute Gasteiger partial charge is 0.417 e. The number of imide groups is 1. The van der Waals surface area contributed by atoms with E-state index in [0.29, 0.717) is 49.0 Å². The van der Waals surface area contributed by atoms with Gasteiger partial charge in [-0.15, -0.1) is 0 Å². The molecule has 0 radical (unpaired) electrons.